The number of ether oxygens (including phenoxy) is 1. The summed E-state index contributed by atoms with van der Waals surface area (Å²) >= 11 is 0. The first kappa shape index (κ1) is 28.7. The van der Waals surface area contributed by atoms with Crippen molar-refractivity contribution in [1.82, 2.24) is 10.6 Å². The van der Waals surface area contributed by atoms with E-state index in [1.807, 2.05) is 70.2 Å². The van der Waals surface area contributed by atoms with E-state index in [2.05, 4.69) is 28.8 Å². The van der Waals surface area contributed by atoms with Crippen molar-refractivity contribution < 1.29 is 14.3 Å². The number of primary amides is 1. The van der Waals surface area contributed by atoms with Gasteiger partial charge in [-0.3, -0.25) is 14.6 Å². The van der Waals surface area contributed by atoms with Gasteiger partial charge in [0.05, 0.1) is 18.0 Å². The highest BCUT2D eigenvalue weighted by Crippen LogP contribution is 2.30. The average Bonchev–Trinajstić information content (AvgIpc) is 3.26. The number of amides is 2. The van der Waals surface area contributed by atoms with Crippen molar-refractivity contribution in [3.8, 4) is 0 Å². The van der Waals surface area contributed by atoms with Crippen LogP contribution in [0.15, 0.2) is 94.6 Å². The molecule has 0 bridgehead atoms. The maximum absolute atomic E-state index is 13.1. The van der Waals surface area contributed by atoms with Gasteiger partial charge in [-0.15, -0.1) is 0 Å². The van der Waals surface area contributed by atoms with E-state index in [1.54, 1.807) is 0 Å². The van der Waals surface area contributed by atoms with Gasteiger partial charge in [0.25, 0.3) is 0 Å². The van der Waals surface area contributed by atoms with E-state index < -0.39 is 17.7 Å². The van der Waals surface area contributed by atoms with Crippen molar-refractivity contribution in [3.63, 3.8) is 0 Å². The number of carbonyl (C=O) groups excluding carboxylic acids is 2. The Bertz CT molecular complexity index is 1200. The normalized spacial score (nSPS) is 19.9. The lowest BCUT2D eigenvalue weighted by atomic mass is 9.78. The topological polar surface area (TPSA) is 106 Å². The Balaban J connectivity index is 1.69. The first-order chi connectivity index (χ1) is 18.1. The molecule has 7 nitrogen and oxygen atoms in total. The molecular weight excluding hydrogens is 476 g/mol. The molecule has 1 heterocycles. The van der Waals surface area contributed by atoms with E-state index in [-0.39, 0.29) is 12.0 Å². The lowest BCUT2D eigenvalue weighted by Crippen LogP contribution is -2.41. The lowest BCUT2D eigenvalue weighted by molar-refractivity contribution is -0.134. The SMILES string of the molecule is C=C(NC1=C(C(=C)/C=C\C(NC(=O)[C@H]2CCCC[C@@H]2C(N)=O)=C(C)C)CN=C1C)O[C@H](C)c1ccccc1. The molecule has 1 aromatic carbocycles. The van der Waals surface area contributed by atoms with Gasteiger partial charge in [-0.1, -0.05) is 61.4 Å². The molecule has 0 aromatic heterocycles. The van der Waals surface area contributed by atoms with Crippen molar-refractivity contribution in [2.24, 2.45) is 22.6 Å². The van der Waals surface area contributed by atoms with E-state index in [4.69, 9.17) is 10.5 Å². The van der Waals surface area contributed by atoms with Crippen LogP contribution in [0.3, 0.4) is 0 Å². The van der Waals surface area contributed by atoms with E-state index in [9.17, 15) is 9.59 Å². The Morgan fingerprint density at radius 2 is 1.76 bits per heavy atom. The number of allylic oxidation sites excluding steroid dienone is 4. The number of benzene rings is 1. The summed E-state index contributed by atoms with van der Waals surface area (Å²) in [7, 11) is 0. The van der Waals surface area contributed by atoms with Crippen molar-refractivity contribution in [2.75, 3.05) is 6.54 Å². The van der Waals surface area contributed by atoms with Crippen molar-refractivity contribution in [3.05, 3.63) is 95.2 Å². The summed E-state index contributed by atoms with van der Waals surface area (Å²) in [5, 5.41) is 6.29. The zero-order valence-corrected chi connectivity index (χ0v) is 23.0. The number of carbonyl (C=O) groups is 2. The standard InChI is InChI=1S/C31H40N4O3/c1-19(2)28(35-31(37)26-15-11-10-14-25(26)30(32)36)17-16-20(3)27-18-33-21(4)29(27)34-23(6)38-22(5)24-12-8-7-9-13-24/h7-9,12-13,16-17,22,25-26,34H,3,6,10-11,14-15,18H2,1-2,4-5H3,(H2,32,36)(H,35,37)/b17-16-/t22-,25+,26+/m1/s1. The molecule has 1 aliphatic heterocycles. The maximum Gasteiger partial charge on any atom is 0.228 e. The highest BCUT2D eigenvalue weighted by Gasteiger charge is 2.34. The van der Waals surface area contributed by atoms with Crippen LogP contribution in [0.5, 0.6) is 0 Å². The van der Waals surface area contributed by atoms with E-state index >= 15 is 0 Å². The Morgan fingerprint density at radius 1 is 1.11 bits per heavy atom. The quantitative estimate of drug-likeness (QED) is 0.272. The minimum atomic E-state index is -0.418. The number of hydrogen-bond donors (Lipinski definition) is 3. The van der Waals surface area contributed by atoms with Gasteiger partial charge < -0.3 is 21.1 Å². The molecule has 4 N–H and O–H groups in total. The monoisotopic (exact) mass is 516 g/mol. The van der Waals surface area contributed by atoms with Crippen LogP contribution in [0.2, 0.25) is 0 Å². The first-order valence-electron chi connectivity index (χ1n) is 13.2. The molecule has 2 aliphatic rings. The lowest BCUT2D eigenvalue weighted by Gasteiger charge is -2.28. The minimum absolute atomic E-state index is 0.163. The second-order valence-corrected chi connectivity index (χ2v) is 10.1. The zero-order chi connectivity index (χ0) is 27.8. The fourth-order valence-corrected chi connectivity index (χ4v) is 4.81. The smallest absolute Gasteiger partial charge is 0.228 e. The third kappa shape index (κ3) is 7.34. The summed E-state index contributed by atoms with van der Waals surface area (Å²) in [6.07, 6.45) is 6.72. The summed E-state index contributed by atoms with van der Waals surface area (Å²) in [6, 6.07) is 9.95. The van der Waals surface area contributed by atoms with Crippen molar-refractivity contribution in [2.45, 2.75) is 59.5 Å². The highest BCUT2D eigenvalue weighted by molar-refractivity contribution is 6.01. The van der Waals surface area contributed by atoms with Crippen LogP contribution in [-0.4, -0.2) is 24.1 Å². The number of nitrogens with zero attached hydrogens (tertiary/aromatic N) is 1. The Labute approximate surface area is 226 Å². The molecule has 1 fully saturated rings. The number of nitrogens with one attached hydrogen (secondary N) is 2. The van der Waals surface area contributed by atoms with Crippen LogP contribution >= 0.6 is 0 Å². The molecule has 202 valence electrons. The minimum Gasteiger partial charge on any atom is -0.472 e. The molecular formula is C31H40N4O3. The van der Waals surface area contributed by atoms with E-state index in [1.165, 1.54) is 0 Å². The number of rotatable bonds is 11. The molecule has 3 rings (SSSR count). The fraction of sp³-hybridized carbons (Fsp3) is 0.387. The van der Waals surface area contributed by atoms with Crippen molar-refractivity contribution >= 4 is 17.5 Å². The largest absolute Gasteiger partial charge is 0.472 e. The maximum atomic E-state index is 13.1. The summed E-state index contributed by atoms with van der Waals surface area (Å²) in [4.78, 5) is 29.5. The second kappa shape index (κ2) is 13.1. The number of aliphatic imine (C=N–C) groups is 1. The molecule has 1 aromatic rings. The van der Waals surface area contributed by atoms with Gasteiger partial charge in [-0.2, -0.15) is 0 Å². The molecule has 0 spiro atoms. The van der Waals surface area contributed by atoms with Gasteiger partial charge in [0.15, 0.2) is 5.88 Å². The number of hydrogen-bond acceptors (Lipinski definition) is 5. The van der Waals surface area contributed by atoms with E-state index in [0.717, 1.165) is 46.5 Å². The summed E-state index contributed by atoms with van der Waals surface area (Å²) in [6.45, 7) is 16.5. The van der Waals surface area contributed by atoms with Crippen LogP contribution in [0, 0.1) is 11.8 Å². The zero-order valence-electron chi connectivity index (χ0n) is 23.0. The molecule has 38 heavy (non-hydrogen) atoms. The van der Waals surface area contributed by atoms with Gasteiger partial charge in [0, 0.05) is 23.1 Å². The molecule has 3 atom stereocenters. The van der Waals surface area contributed by atoms with Crippen LogP contribution in [-0.2, 0) is 14.3 Å². The van der Waals surface area contributed by atoms with Gasteiger partial charge in [-0.25, -0.2) is 0 Å². The molecule has 0 radical (unpaired) electrons. The molecule has 1 aliphatic carbocycles. The first-order valence-corrected chi connectivity index (χ1v) is 13.2. The predicted molar refractivity (Wildman–Crippen MR) is 153 cm³/mol. The third-order valence-electron chi connectivity index (χ3n) is 7.09. The Morgan fingerprint density at radius 3 is 2.39 bits per heavy atom. The highest BCUT2D eigenvalue weighted by atomic mass is 16.5. The predicted octanol–water partition coefficient (Wildman–Crippen LogP) is 5.37. The van der Waals surface area contributed by atoms with Crippen LogP contribution < -0.4 is 16.4 Å². The molecule has 7 heteroatoms. The third-order valence-corrected chi connectivity index (χ3v) is 7.09. The summed E-state index contributed by atoms with van der Waals surface area (Å²) < 4.78 is 6.00. The van der Waals surface area contributed by atoms with Gasteiger partial charge in [0.1, 0.15) is 6.10 Å². The second-order valence-electron chi connectivity index (χ2n) is 10.1. The summed E-state index contributed by atoms with van der Waals surface area (Å²) in [5.74, 6) is -0.961. The summed E-state index contributed by atoms with van der Waals surface area (Å²) in [5.41, 5.74) is 11.6. The molecule has 0 saturated heterocycles. The van der Waals surface area contributed by atoms with Crippen LogP contribution in [0.1, 0.15) is 65.0 Å². The van der Waals surface area contributed by atoms with Gasteiger partial charge in [-0.05, 0) is 64.3 Å². The van der Waals surface area contributed by atoms with Gasteiger partial charge in [0.2, 0.25) is 11.8 Å². The molecule has 2 amide bonds. The Kier molecular flexibility index (Phi) is 9.88. The molecule has 0 unspecified atom stereocenters. The fourth-order valence-electron chi connectivity index (χ4n) is 4.81. The Hall–Kier alpha value is -3.87. The van der Waals surface area contributed by atoms with Crippen LogP contribution in [0.25, 0.3) is 0 Å². The van der Waals surface area contributed by atoms with Crippen LogP contribution in [0.4, 0.5) is 0 Å². The van der Waals surface area contributed by atoms with Crippen molar-refractivity contribution in [1.29, 1.82) is 0 Å². The van der Waals surface area contributed by atoms with Gasteiger partial charge >= 0.3 is 0 Å². The average molecular weight is 517 g/mol. The molecule has 1 saturated carbocycles. The van der Waals surface area contributed by atoms with E-state index in [0.29, 0.717) is 31.0 Å². The number of nitrogens with two attached hydrogens (primary N) is 1.